The molecule has 388 valence electrons. The van der Waals surface area contributed by atoms with Gasteiger partial charge < -0.3 is 5.11 Å². The van der Waals surface area contributed by atoms with Gasteiger partial charge in [-0.2, -0.15) is 0 Å². The van der Waals surface area contributed by atoms with Gasteiger partial charge in [0.15, 0.2) is 0 Å². The van der Waals surface area contributed by atoms with Crippen LogP contribution in [0.5, 0.6) is 5.75 Å². The number of aryl methyl sites for hydroxylation is 2. The van der Waals surface area contributed by atoms with E-state index in [1.54, 1.807) is 0 Å². The molecule has 0 saturated heterocycles. The van der Waals surface area contributed by atoms with E-state index in [1.807, 2.05) is 65.4 Å². The van der Waals surface area contributed by atoms with Crippen LogP contribution in [0.2, 0.25) is 0 Å². The number of para-hydroxylation sites is 1. The molecule has 1 N–H and O–H groups in total. The summed E-state index contributed by atoms with van der Waals surface area (Å²) >= 11 is 0. The SMILES string of the molecule is [2H]C([2H])([2H])c1cc(-c2c(C(C)(CC)CC)cccc2C(C)(CC)CC)ccc1-n1c(-c2cc(C(C)(C)C)cc(C(C)(C)C)c2O)nc2c(-c3[c-]c(-c4cc(-c5ccc(C)cc5)ccn4)cc(-c4ccccc4)c3)cccc21.[Pt]. The first-order valence-electron chi connectivity index (χ1n) is 28.3. The first-order valence-corrected chi connectivity index (χ1v) is 26.8. The van der Waals surface area contributed by atoms with Gasteiger partial charge in [0, 0.05) is 42.6 Å². The van der Waals surface area contributed by atoms with Crippen molar-refractivity contribution in [3.05, 3.63) is 191 Å². The quantitative estimate of drug-likeness (QED) is 0.117. The van der Waals surface area contributed by atoms with Gasteiger partial charge in [-0.1, -0.05) is 208 Å². The summed E-state index contributed by atoms with van der Waals surface area (Å²) in [5, 5.41) is 12.7. The van der Waals surface area contributed by atoms with Crippen LogP contribution in [-0.4, -0.2) is 19.6 Å². The Kier molecular flexibility index (Phi) is 14.5. The van der Waals surface area contributed by atoms with Crippen molar-refractivity contribution in [3.63, 3.8) is 0 Å². The number of fused-ring (bicyclic) bond motifs is 1. The molecular formula is C70H76N3OPt-. The Labute approximate surface area is 467 Å². The molecule has 9 rings (SSSR count). The van der Waals surface area contributed by atoms with E-state index >= 15 is 0 Å². The number of hydrogen-bond acceptors (Lipinski definition) is 3. The normalized spacial score (nSPS) is 13.1. The molecule has 0 aliphatic rings. The second kappa shape index (κ2) is 21.3. The first-order chi connectivity index (χ1) is 36.4. The van der Waals surface area contributed by atoms with E-state index in [1.165, 1.54) is 16.7 Å². The maximum atomic E-state index is 12.7. The molecule has 0 radical (unpaired) electrons. The topological polar surface area (TPSA) is 50.9 Å². The molecule has 0 aliphatic carbocycles. The Bertz CT molecular complexity index is 3590. The van der Waals surface area contributed by atoms with Gasteiger partial charge in [-0.05, 0) is 142 Å². The Morgan fingerprint density at radius 3 is 1.79 bits per heavy atom. The van der Waals surface area contributed by atoms with Gasteiger partial charge in [0.05, 0.1) is 22.3 Å². The molecule has 0 bridgehead atoms. The second-order valence-corrected chi connectivity index (χ2v) is 23.2. The summed E-state index contributed by atoms with van der Waals surface area (Å²) in [4.78, 5) is 10.6. The van der Waals surface area contributed by atoms with Crippen LogP contribution < -0.4 is 0 Å². The molecule has 75 heavy (non-hydrogen) atoms. The number of nitrogens with zero attached hydrogens (tertiary/aromatic N) is 3. The summed E-state index contributed by atoms with van der Waals surface area (Å²) in [6.07, 6.45) is 5.59. The Hall–Kier alpha value is -6.35. The monoisotopic (exact) mass is 1170 g/mol. The molecule has 2 aromatic heterocycles. The van der Waals surface area contributed by atoms with E-state index in [-0.39, 0.29) is 48.6 Å². The van der Waals surface area contributed by atoms with Crippen molar-refractivity contribution in [2.75, 3.05) is 0 Å². The molecule has 9 aromatic rings. The third-order valence-electron chi connectivity index (χ3n) is 16.4. The predicted molar refractivity (Wildman–Crippen MR) is 315 cm³/mol. The van der Waals surface area contributed by atoms with Gasteiger partial charge in [-0.3, -0.25) is 9.55 Å². The summed E-state index contributed by atoms with van der Waals surface area (Å²) in [7, 11) is 0. The number of pyridine rings is 1. The predicted octanol–water partition coefficient (Wildman–Crippen LogP) is 19.3. The number of imidazole rings is 1. The van der Waals surface area contributed by atoms with Crippen molar-refractivity contribution in [1.29, 1.82) is 0 Å². The Morgan fingerprint density at radius 1 is 0.560 bits per heavy atom. The number of aromatic hydroxyl groups is 1. The number of phenols is 1. The molecule has 4 nitrogen and oxygen atoms in total. The van der Waals surface area contributed by atoms with Crippen molar-refractivity contribution in [1.82, 2.24) is 14.5 Å². The third kappa shape index (κ3) is 10.5. The Morgan fingerprint density at radius 2 is 1.17 bits per heavy atom. The van der Waals surface area contributed by atoms with Crippen molar-refractivity contribution < 1.29 is 30.3 Å². The molecule has 0 aliphatic heterocycles. The molecule has 2 heterocycles. The van der Waals surface area contributed by atoms with Crippen LogP contribution in [0.3, 0.4) is 0 Å². The van der Waals surface area contributed by atoms with Crippen LogP contribution in [0.4, 0.5) is 0 Å². The first kappa shape index (κ1) is 50.8. The third-order valence-corrected chi connectivity index (χ3v) is 16.4. The van der Waals surface area contributed by atoms with Crippen LogP contribution >= 0.6 is 0 Å². The van der Waals surface area contributed by atoms with Gasteiger partial charge in [0.1, 0.15) is 11.6 Å². The molecule has 0 saturated carbocycles. The van der Waals surface area contributed by atoms with Crippen molar-refractivity contribution >= 4 is 11.0 Å². The summed E-state index contributed by atoms with van der Waals surface area (Å²) in [6.45, 7) is 26.1. The fourth-order valence-electron chi connectivity index (χ4n) is 10.7. The summed E-state index contributed by atoms with van der Waals surface area (Å²) in [5.41, 5.74) is 16.4. The number of hydrogen-bond donors (Lipinski definition) is 1. The minimum absolute atomic E-state index is 0. The molecule has 0 unspecified atom stereocenters. The molecule has 0 amide bonds. The van der Waals surface area contributed by atoms with Crippen molar-refractivity contribution in [3.8, 4) is 78.6 Å². The summed E-state index contributed by atoms with van der Waals surface area (Å²) in [5.74, 6) is 0.562. The zero-order chi connectivity index (χ0) is 55.4. The molecule has 5 heteroatoms. The fraction of sp³-hybridized carbons (Fsp3) is 0.314. The van der Waals surface area contributed by atoms with Gasteiger partial charge >= 0.3 is 0 Å². The smallest absolute Gasteiger partial charge is 0.148 e. The molecule has 7 aromatic carbocycles. The average Bonchev–Trinajstić information content (AvgIpc) is 3.90. The van der Waals surface area contributed by atoms with Crippen LogP contribution in [0.25, 0.3) is 83.9 Å². The minimum Gasteiger partial charge on any atom is -0.507 e. The Balaban J connectivity index is 0.00000803. The maximum absolute atomic E-state index is 12.7. The van der Waals surface area contributed by atoms with E-state index < -0.39 is 12.3 Å². The zero-order valence-corrected chi connectivity index (χ0v) is 48.6. The van der Waals surface area contributed by atoms with E-state index in [2.05, 4.69) is 187 Å². The maximum Gasteiger partial charge on any atom is 0.148 e. The van der Waals surface area contributed by atoms with Gasteiger partial charge in [0.2, 0.25) is 0 Å². The van der Waals surface area contributed by atoms with E-state index in [0.717, 1.165) is 92.6 Å². The van der Waals surface area contributed by atoms with Crippen molar-refractivity contribution in [2.24, 2.45) is 0 Å². The van der Waals surface area contributed by atoms with E-state index in [4.69, 9.17) is 9.97 Å². The average molecular weight is 1170 g/mol. The van der Waals surface area contributed by atoms with Crippen LogP contribution in [0, 0.1) is 19.8 Å². The number of rotatable bonds is 13. The van der Waals surface area contributed by atoms with Gasteiger partial charge in [-0.15, -0.1) is 23.8 Å². The number of aromatic nitrogens is 3. The van der Waals surface area contributed by atoms with Crippen molar-refractivity contribution in [2.45, 2.75) is 144 Å². The second-order valence-electron chi connectivity index (χ2n) is 23.2. The molecule has 0 atom stereocenters. The van der Waals surface area contributed by atoms with Crippen LogP contribution in [0.15, 0.2) is 152 Å². The number of phenolic OH excluding ortho intramolecular Hbond substituents is 1. The fourth-order valence-corrected chi connectivity index (χ4v) is 10.7. The zero-order valence-electron chi connectivity index (χ0n) is 49.4. The number of benzene rings is 7. The summed E-state index contributed by atoms with van der Waals surface area (Å²) < 4.78 is 30.3. The standard InChI is InChI=1S/C70H76N3O.Pt/c1-15-69(13,16-2)57-27-23-28-58(70(14,17-3)18-4)63(57)50-34-35-61(46(6)38-50)73-62-29-22-26-55(64(62)72-66(73)56-43-54(67(7,8)9)44-59(65(56)74)68(10,11)12)52-39-51(47-24-20-19-21-25-47)40-53(41-52)60-42-49(36-37-71-60)48-32-30-45(5)31-33-48;/h19-40,42-44,74H,15-18H2,1-14H3;/q-1;/i6D3;. The van der Waals surface area contributed by atoms with E-state index in [9.17, 15) is 9.22 Å². The molecule has 0 spiro atoms. The largest absolute Gasteiger partial charge is 0.507 e. The van der Waals surface area contributed by atoms with Gasteiger partial charge in [0.25, 0.3) is 0 Å². The van der Waals surface area contributed by atoms with Crippen LogP contribution in [0.1, 0.15) is 146 Å². The van der Waals surface area contributed by atoms with Gasteiger partial charge in [-0.25, -0.2) is 4.98 Å². The van der Waals surface area contributed by atoms with E-state index in [0.29, 0.717) is 28.1 Å². The summed E-state index contributed by atoms with van der Waals surface area (Å²) in [6, 6.07) is 54.2. The minimum atomic E-state index is -2.55. The molecule has 0 fully saturated rings. The molecular weight excluding hydrogens is 1090 g/mol. The van der Waals surface area contributed by atoms with Crippen LogP contribution in [-0.2, 0) is 42.7 Å².